The van der Waals surface area contributed by atoms with E-state index in [1.165, 1.54) is 12.1 Å². The molecule has 6 heteroatoms. The standard InChI is InChI=1S/C15H31NO2Si3/c1-19(2,3)18-15(17)13-8-9-14(12-13)16-20(4,5)10-11-21(16,6)7/h8,14H,9-12H2,1-7H3. The van der Waals surface area contributed by atoms with Crippen LogP contribution in [0.1, 0.15) is 12.8 Å². The van der Waals surface area contributed by atoms with Crippen LogP contribution in [0.3, 0.4) is 0 Å². The lowest BCUT2D eigenvalue weighted by Gasteiger charge is -2.43. The van der Waals surface area contributed by atoms with Gasteiger partial charge in [0.1, 0.15) is 16.5 Å². The highest BCUT2D eigenvalue weighted by Gasteiger charge is 2.50. The Labute approximate surface area is 133 Å². The fourth-order valence-electron chi connectivity index (χ4n) is 4.07. The number of hydrogen-bond donors (Lipinski definition) is 0. The van der Waals surface area contributed by atoms with E-state index in [1.54, 1.807) is 0 Å². The van der Waals surface area contributed by atoms with Crippen molar-refractivity contribution in [3.63, 3.8) is 0 Å². The van der Waals surface area contributed by atoms with Gasteiger partial charge < -0.3 is 8.66 Å². The molecule has 0 radical (unpaired) electrons. The van der Waals surface area contributed by atoms with Crippen molar-refractivity contribution >= 4 is 30.8 Å². The molecule has 0 N–H and O–H groups in total. The molecule has 2 aliphatic rings. The van der Waals surface area contributed by atoms with E-state index in [-0.39, 0.29) is 5.97 Å². The molecule has 0 amide bonds. The van der Waals surface area contributed by atoms with E-state index in [4.69, 9.17) is 4.43 Å². The molecule has 120 valence electrons. The largest absolute Gasteiger partial charge is 0.517 e. The van der Waals surface area contributed by atoms with Crippen LogP contribution in [-0.4, -0.2) is 41.0 Å². The first-order chi connectivity index (χ1) is 9.42. The second-order valence-electron chi connectivity index (χ2n) is 8.82. The Balaban J connectivity index is 2.06. The highest BCUT2D eigenvalue weighted by atomic mass is 28.4. The van der Waals surface area contributed by atoms with Gasteiger partial charge in [-0.2, -0.15) is 0 Å². The molecular formula is C15H31NO2Si3. The van der Waals surface area contributed by atoms with Crippen LogP contribution in [-0.2, 0) is 9.22 Å². The van der Waals surface area contributed by atoms with Crippen LogP contribution in [0.5, 0.6) is 0 Å². The Morgan fingerprint density at radius 2 is 1.71 bits per heavy atom. The lowest BCUT2D eigenvalue weighted by molar-refractivity contribution is -0.131. The van der Waals surface area contributed by atoms with Crippen molar-refractivity contribution in [3.8, 4) is 0 Å². The SMILES string of the molecule is C[Si](C)(C)OC(=O)C1=CCC(N2[Si](C)(C)CC[Si]2(C)C)C1. The van der Waals surface area contributed by atoms with Gasteiger partial charge in [-0.05, 0) is 44.6 Å². The molecule has 1 unspecified atom stereocenters. The molecule has 0 aromatic heterocycles. The molecule has 1 heterocycles. The lowest BCUT2D eigenvalue weighted by Crippen LogP contribution is -2.59. The summed E-state index contributed by atoms with van der Waals surface area (Å²) in [5, 5.41) is 0. The van der Waals surface area contributed by atoms with Crippen LogP contribution in [0.25, 0.3) is 0 Å². The van der Waals surface area contributed by atoms with Gasteiger partial charge >= 0.3 is 5.97 Å². The first-order valence-corrected chi connectivity index (χ1v) is 17.9. The highest BCUT2D eigenvalue weighted by Crippen LogP contribution is 2.42. The van der Waals surface area contributed by atoms with E-state index in [2.05, 4.69) is 56.1 Å². The van der Waals surface area contributed by atoms with Crippen LogP contribution in [0.2, 0.25) is 57.9 Å². The van der Waals surface area contributed by atoms with Crippen molar-refractivity contribution < 1.29 is 9.22 Å². The molecule has 21 heavy (non-hydrogen) atoms. The molecule has 1 atom stereocenters. The van der Waals surface area contributed by atoms with Crippen molar-refractivity contribution in [2.45, 2.75) is 76.8 Å². The van der Waals surface area contributed by atoms with Crippen LogP contribution < -0.4 is 0 Å². The number of nitrogens with zero attached hydrogens (tertiary/aromatic N) is 1. The summed E-state index contributed by atoms with van der Waals surface area (Å²) in [4.78, 5) is 12.3. The summed E-state index contributed by atoms with van der Waals surface area (Å²) < 4.78 is 8.59. The monoisotopic (exact) mass is 341 g/mol. The van der Waals surface area contributed by atoms with Crippen molar-refractivity contribution in [3.05, 3.63) is 11.6 Å². The first kappa shape index (κ1) is 17.2. The number of hydrogen-bond acceptors (Lipinski definition) is 3. The van der Waals surface area contributed by atoms with Crippen molar-refractivity contribution in [2.24, 2.45) is 0 Å². The topological polar surface area (TPSA) is 29.5 Å². The summed E-state index contributed by atoms with van der Waals surface area (Å²) in [5.41, 5.74) is 0.934. The Bertz CT molecular complexity index is 450. The zero-order chi connectivity index (χ0) is 16.1. The summed E-state index contributed by atoms with van der Waals surface area (Å²) in [5.74, 6) is -0.0465. The zero-order valence-corrected chi connectivity index (χ0v) is 17.7. The molecule has 0 saturated carbocycles. The first-order valence-electron chi connectivity index (χ1n) is 8.14. The zero-order valence-electron chi connectivity index (χ0n) is 14.7. The fraction of sp³-hybridized carbons (Fsp3) is 0.800. The fourth-order valence-corrected chi connectivity index (χ4v) is 19.7. The highest BCUT2D eigenvalue weighted by molar-refractivity contribution is 6.95. The molecule has 1 aliphatic carbocycles. The molecule has 3 nitrogen and oxygen atoms in total. The van der Waals surface area contributed by atoms with Crippen molar-refractivity contribution in [1.29, 1.82) is 0 Å². The number of carbonyl (C=O) groups is 1. The maximum absolute atomic E-state index is 12.3. The lowest BCUT2D eigenvalue weighted by atomic mass is 10.2. The van der Waals surface area contributed by atoms with E-state index >= 15 is 0 Å². The van der Waals surface area contributed by atoms with Gasteiger partial charge in [-0.1, -0.05) is 32.3 Å². The molecule has 1 aliphatic heterocycles. The summed E-state index contributed by atoms with van der Waals surface area (Å²) in [6, 6.07) is 3.43. The molecule has 1 saturated heterocycles. The maximum atomic E-state index is 12.3. The van der Waals surface area contributed by atoms with E-state index in [0.29, 0.717) is 6.04 Å². The third kappa shape index (κ3) is 3.78. The molecule has 1 fully saturated rings. The van der Waals surface area contributed by atoms with Gasteiger partial charge in [0.05, 0.1) is 0 Å². The van der Waals surface area contributed by atoms with Gasteiger partial charge in [-0.3, -0.25) is 0 Å². The third-order valence-electron chi connectivity index (χ3n) is 4.77. The summed E-state index contributed by atoms with van der Waals surface area (Å²) in [7, 11) is -4.31. The number of carbonyl (C=O) groups excluding carboxylic acids is 1. The predicted octanol–water partition coefficient (Wildman–Crippen LogP) is 4.18. The average Bonchev–Trinajstić information content (AvgIpc) is 2.80. The Hall–Kier alpha value is -0.179. The van der Waals surface area contributed by atoms with E-state index in [0.717, 1.165) is 18.4 Å². The van der Waals surface area contributed by atoms with E-state index < -0.39 is 24.8 Å². The smallest absolute Gasteiger partial charge is 0.320 e. The Morgan fingerprint density at radius 1 is 1.19 bits per heavy atom. The Kier molecular flexibility index (Phi) is 4.48. The second-order valence-corrected chi connectivity index (χ2v) is 22.9. The quantitative estimate of drug-likeness (QED) is 0.721. The van der Waals surface area contributed by atoms with Crippen LogP contribution >= 0.6 is 0 Å². The third-order valence-corrected chi connectivity index (χ3v) is 16.0. The summed E-state index contributed by atoms with van der Waals surface area (Å²) in [6.45, 7) is 16.2. The van der Waals surface area contributed by atoms with Crippen molar-refractivity contribution in [2.75, 3.05) is 0 Å². The molecular weight excluding hydrogens is 310 g/mol. The predicted molar refractivity (Wildman–Crippen MR) is 97.0 cm³/mol. The molecule has 0 aromatic rings. The second kappa shape index (κ2) is 5.47. The minimum absolute atomic E-state index is 0.0465. The van der Waals surface area contributed by atoms with Gasteiger partial charge in [0.15, 0.2) is 0 Å². The molecule has 2 rings (SSSR count). The van der Waals surface area contributed by atoms with E-state index in [9.17, 15) is 4.79 Å². The van der Waals surface area contributed by atoms with Gasteiger partial charge in [-0.25, -0.2) is 4.79 Å². The molecule has 0 spiro atoms. The van der Waals surface area contributed by atoms with Gasteiger partial charge in [0, 0.05) is 11.6 Å². The maximum Gasteiger partial charge on any atom is 0.320 e. The molecule has 0 aromatic carbocycles. The summed E-state index contributed by atoms with van der Waals surface area (Å²) >= 11 is 0. The van der Waals surface area contributed by atoms with Crippen LogP contribution in [0.15, 0.2) is 11.6 Å². The van der Waals surface area contributed by atoms with Gasteiger partial charge in [-0.15, -0.1) is 0 Å². The number of rotatable bonds is 3. The van der Waals surface area contributed by atoms with Crippen LogP contribution in [0, 0.1) is 0 Å². The van der Waals surface area contributed by atoms with E-state index in [1.807, 2.05) is 0 Å². The normalized spacial score (nSPS) is 28.5. The average molecular weight is 342 g/mol. The van der Waals surface area contributed by atoms with Gasteiger partial charge in [0.2, 0.25) is 8.32 Å². The Morgan fingerprint density at radius 3 is 2.19 bits per heavy atom. The minimum atomic E-state index is -1.78. The van der Waals surface area contributed by atoms with Crippen LogP contribution in [0.4, 0.5) is 0 Å². The van der Waals surface area contributed by atoms with Crippen molar-refractivity contribution in [1.82, 2.24) is 4.23 Å². The summed E-state index contributed by atoms with van der Waals surface area (Å²) in [6.07, 6.45) is 4.11. The van der Waals surface area contributed by atoms with Gasteiger partial charge in [0.25, 0.3) is 0 Å². The molecule has 0 bridgehead atoms. The minimum Gasteiger partial charge on any atom is -0.517 e.